The van der Waals surface area contributed by atoms with Gasteiger partial charge in [0.2, 0.25) is 0 Å². The Balaban J connectivity index is 2.24. The van der Waals surface area contributed by atoms with Crippen molar-refractivity contribution in [3.8, 4) is 0 Å². The number of fused-ring (bicyclic) bond motifs is 1. The molecule has 0 aliphatic carbocycles. The van der Waals surface area contributed by atoms with Crippen molar-refractivity contribution in [3.05, 3.63) is 76.0 Å². The molecule has 0 spiro atoms. The average molecular weight is 302 g/mol. The van der Waals surface area contributed by atoms with Gasteiger partial charge in [-0.1, -0.05) is 53.5 Å². The van der Waals surface area contributed by atoms with Crippen molar-refractivity contribution in [1.82, 2.24) is 4.98 Å². The van der Waals surface area contributed by atoms with Crippen LogP contribution in [0.4, 0.5) is 0 Å². The van der Waals surface area contributed by atoms with Crippen LogP contribution in [0.2, 0.25) is 10.0 Å². The number of ketones is 1. The summed E-state index contributed by atoms with van der Waals surface area (Å²) in [7, 11) is 0. The van der Waals surface area contributed by atoms with Crippen LogP contribution >= 0.6 is 23.2 Å². The normalized spacial score (nSPS) is 10.7. The van der Waals surface area contributed by atoms with Crippen molar-refractivity contribution in [2.45, 2.75) is 0 Å². The molecule has 0 saturated carbocycles. The summed E-state index contributed by atoms with van der Waals surface area (Å²) in [5.41, 5.74) is 0.812. The zero-order valence-electron chi connectivity index (χ0n) is 10.3. The molecule has 0 amide bonds. The highest BCUT2D eigenvalue weighted by atomic mass is 35.5. The van der Waals surface area contributed by atoms with Crippen molar-refractivity contribution < 1.29 is 4.79 Å². The fourth-order valence-corrected chi connectivity index (χ4v) is 2.72. The van der Waals surface area contributed by atoms with Crippen LogP contribution in [0, 0.1) is 0 Å². The van der Waals surface area contributed by atoms with E-state index in [-0.39, 0.29) is 5.78 Å². The number of aromatic nitrogens is 1. The van der Waals surface area contributed by atoms with Crippen LogP contribution in [0.5, 0.6) is 0 Å². The molecule has 0 aliphatic rings. The van der Waals surface area contributed by atoms with Gasteiger partial charge in [0.05, 0.1) is 15.6 Å². The van der Waals surface area contributed by atoms with Crippen LogP contribution in [-0.2, 0) is 0 Å². The minimum Gasteiger partial charge on any atom is -0.288 e. The number of nitrogens with zero attached hydrogens (tertiary/aromatic N) is 1. The van der Waals surface area contributed by atoms with Crippen LogP contribution in [-0.4, -0.2) is 10.8 Å². The SMILES string of the molecule is O=C(c1c(Cl)cccc1Cl)c1cncc2ccccc12. The first-order valence-electron chi connectivity index (χ1n) is 6.00. The minimum absolute atomic E-state index is 0.218. The van der Waals surface area contributed by atoms with E-state index in [2.05, 4.69) is 4.98 Å². The molecule has 20 heavy (non-hydrogen) atoms. The first kappa shape index (κ1) is 13.1. The molecule has 3 rings (SSSR count). The molecule has 98 valence electrons. The molecule has 3 aromatic rings. The van der Waals surface area contributed by atoms with Gasteiger partial charge in [-0.05, 0) is 17.5 Å². The summed E-state index contributed by atoms with van der Waals surface area (Å²) in [6.45, 7) is 0. The van der Waals surface area contributed by atoms with Crippen LogP contribution in [0.25, 0.3) is 10.8 Å². The lowest BCUT2D eigenvalue weighted by Crippen LogP contribution is -2.04. The van der Waals surface area contributed by atoms with Gasteiger partial charge in [0.1, 0.15) is 0 Å². The summed E-state index contributed by atoms with van der Waals surface area (Å²) in [6.07, 6.45) is 3.27. The molecule has 2 nitrogen and oxygen atoms in total. The highest BCUT2D eigenvalue weighted by molar-refractivity contribution is 6.41. The van der Waals surface area contributed by atoms with Gasteiger partial charge in [-0.25, -0.2) is 0 Å². The monoisotopic (exact) mass is 301 g/mol. The zero-order chi connectivity index (χ0) is 14.1. The predicted octanol–water partition coefficient (Wildman–Crippen LogP) is 4.77. The van der Waals surface area contributed by atoms with Crippen molar-refractivity contribution in [2.75, 3.05) is 0 Å². The molecule has 4 heteroatoms. The maximum absolute atomic E-state index is 12.7. The number of hydrogen-bond donors (Lipinski definition) is 0. The summed E-state index contributed by atoms with van der Waals surface area (Å²) in [5.74, 6) is -0.218. The largest absolute Gasteiger partial charge is 0.288 e. The summed E-state index contributed by atoms with van der Waals surface area (Å²) < 4.78 is 0. The smallest absolute Gasteiger partial charge is 0.198 e. The van der Waals surface area contributed by atoms with E-state index in [0.717, 1.165) is 10.8 Å². The van der Waals surface area contributed by atoms with Gasteiger partial charge in [0, 0.05) is 23.3 Å². The fraction of sp³-hybridized carbons (Fsp3) is 0. The van der Waals surface area contributed by atoms with Gasteiger partial charge in [0.25, 0.3) is 0 Å². The summed E-state index contributed by atoms with van der Waals surface area (Å²) >= 11 is 12.2. The van der Waals surface area contributed by atoms with Crippen molar-refractivity contribution in [3.63, 3.8) is 0 Å². The molecule has 0 radical (unpaired) electrons. The lowest BCUT2D eigenvalue weighted by Gasteiger charge is -2.08. The van der Waals surface area contributed by atoms with E-state index in [0.29, 0.717) is 21.2 Å². The van der Waals surface area contributed by atoms with Crippen LogP contribution in [0.15, 0.2) is 54.9 Å². The van der Waals surface area contributed by atoms with Gasteiger partial charge in [-0.15, -0.1) is 0 Å². The highest BCUT2D eigenvalue weighted by Gasteiger charge is 2.18. The lowest BCUT2D eigenvalue weighted by atomic mass is 9.99. The van der Waals surface area contributed by atoms with Gasteiger partial charge in [-0.2, -0.15) is 0 Å². The van der Waals surface area contributed by atoms with Gasteiger partial charge < -0.3 is 0 Å². The second-order valence-electron chi connectivity index (χ2n) is 4.33. The summed E-state index contributed by atoms with van der Waals surface area (Å²) in [4.78, 5) is 16.8. The molecule has 0 bridgehead atoms. The minimum atomic E-state index is -0.218. The zero-order valence-corrected chi connectivity index (χ0v) is 11.8. The third-order valence-corrected chi connectivity index (χ3v) is 3.73. The Morgan fingerprint density at radius 2 is 1.60 bits per heavy atom. The molecule has 1 aromatic heterocycles. The molecule has 1 heterocycles. The highest BCUT2D eigenvalue weighted by Crippen LogP contribution is 2.29. The Hall–Kier alpha value is -1.90. The number of hydrogen-bond acceptors (Lipinski definition) is 2. The van der Waals surface area contributed by atoms with E-state index in [4.69, 9.17) is 23.2 Å². The van der Waals surface area contributed by atoms with E-state index in [1.807, 2.05) is 24.3 Å². The Morgan fingerprint density at radius 1 is 0.900 bits per heavy atom. The molecule has 0 fully saturated rings. The van der Waals surface area contributed by atoms with Crippen LogP contribution in [0.1, 0.15) is 15.9 Å². The number of benzene rings is 2. The maximum atomic E-state index is 12.7. The van der Waals surface area contributed by atoms with Crippen LogP contribution < -0.4 is 0 Å². The lowest BCUT2D eigenvalue weighted by molar-refractivity contribution is 0.104. The quantitative estimate of drug-likeness (QED) is 0.638. The third-order valence-electron chi connectivity index (χ3n) is 3.10. The van der Waals surface area contributed by atoms with E-state index in [1.54, 1.807) is 30.6 Å². The standard InChI is InChI=1S/C16H9Cl2NO/c17-13-6-3-7-14(18)15(13)16(20)12-9-19-8-10-4-1-2-5-11(10)12/h1-9H. The fourth-order valence-electron chi connectivity index (χ4n) is 2.15. The molecule has 0 aliphatic heterocycles. The summed E-state index contributed by atoms with van der Waals surface area (Å²) in [5, 5.41) is 2.43. The number of rotatable bonds is 2. The predicted molar refractivity (Wildman–Crippen MR) is 81.6 cm³/mol. The molecule has 0 N–H and O–H groups in total. The maximum Gasteiger partial charge on any atom is 0.198 e. The van der Waals surface area contributed by atoms with Gasteiger partial charge >= 0.3 is 0 Å². The Kier molecular flexibility index (Phi) is 3.43. The first-order valence-corrected chi connectivity index (χ1v) is 6.75. The number of carbonyl (C=O) groups is 1. The molecule has 0 atom stereocenters. The molecule has 2 aromatic carbocycles. The molecular weight excluding hydrogens is 293 g/mol. The van der Waals surface area contributed by atoms with E-state index >= 15 is 0 Å². The second kappa shape index (κ2) is 5.23. The van der Waals surface area contributed by atoms with Crippen molar-refractivity contribution in [1.29, 1.82) is 0 Å². The molecule has 0 saturated heterocycles. The second-order valence-corrected chi connectivity index (χ2v) is 5.15. The van der Waals surface area contributed by atoms with E-state index < -0.39 is 0 Å². The third kappa shape index (κ3) is 2.17. The molecular formula is C16H9Cl2NO. The van der Waals surface area contributed by atoms with Gasteiger partial charge in [0.15, 0.2) is 5.78 Å². The Bertz CT molecular complexity index is 789. The summed E-state index contributed by atoms with van der Waals surface area (Å²) in [6, 6.07) is 12.6. The topological polar surface area (TPSA) is 30.0 Å². The number of halogens is 2. The van der Waals surface area contributed by atoms with Crippen LogP contribution in [0.3, 0.4) is 0 Å². The van der Waals surface area contributed by atoms with Crippen molar-refractivity contribution in [2.24, 2.45) is 0 Å². The van der Waals surface area contributed by atoms with E-state index in [9.17, 15) is 4.79 Å². The average Bonchev–Trinajstić information content (AvgIpc) is 2.46. The first-order chi connectivity index (χ1) is 9.68. The Morgan fingerprint density at radius 3 is 2.35 bits per heavy atom. The number of carbonyl (C=O) groups excluding carboxylic acids is 1. The Labute approximate surface area is 126 Å². The van der Waals surface area contributed by atoms with E-state index in [1.165, 1.54) is 0 Å². The molecule has 0 unspecified atom stereocenters. The van der Waals surface area contributed by atoms with Gasteiger partial charge in [-0.3, -0.25) is 9.78 Å². The van der Waals surface area contributed by atoms with Crippen molar-refractivity contribution >= 4 is 39.8 Å². The number of pyridine rings is 1.